The Bertz CT molecular complexity index is 2100. The number of ether oxygens (including phenoxy) is 1. The molecule has 0 saturated heterocycles. The summed E-state index contributed by atoms with van der Waals surface area (Å²) in [5, 5.41) is 2.61. The van der Waals surface area contributed by atoms with Gasteiger partial charge in [-0.3, -0.25) is 9.88 Å². The first-order valence-corrected chi connectivity index (χ1v) is 14.9. The van der Waals surface area contributed by atoms with Gasteiger partial charge < -0.3 is 4.74 Å². The van der Waals surface area contributed by atoms with Gasteiger partial charge in [-0.2, -0.15) is 0 Å². The molecule has 4 heterocycles. The smallest absolute Gasteiger partial charge is 0.137 e. The lowest BCUT2D eigenvalue weighted by atomic mass is 9.73. The van der Waals surface area contributed by atoms with E-state index in [9.17, 15) is 0 Å². The van der Waals surface area contributed by atoms with E-state index in [1.54, 1.807) is 0 Å². The second-order valence-electron chi connectivity index (χ2n) is 11.1. The van der Waals surface area contributed by atoms with E-state index in [1.165, 1.54) is 31.3 Å². The van der Waals surface area contributed by atoms with Gasteiger partial charge in [0.1, 0.15) is 17.3 Å². The van der Waals surface area contributed by atoms with Crippen LogP contribution in [0.3, 0.4) is 0 Å². The van der Waals surface area contributed by atoms with Gasteiger partial charge >= 0.3 is 0 Å². The first-order chi connectivity index (χ1) is 20.6. The first kappa shape index (κ1) is 24.8. The van der Waals surface area contributed by atoms with Gasteiger partial charge in [-0.1, -0.05) is 62.4 Å². The lowest BCUT2D eigenvalue weighted by Gasteiger charge is -2.41. The lowest BCUT2D eigenvalue weighted by molar-refractivity contribution is 0.482. The Hall–Kier alpha value is -5.00. The van der Waals surface area contributed by atoms with E-state index in [2.05, 4.69) is 90.5 Å². The van der Waals surface area contributed by atoms with Crippen molar-refractivity contribution in [2.45, 2.75) is 19.3 Å². The topological polar surface area (TPSA) is 38.2 Å². The molecular formula is C37H27N3OS. The molecule has 4 aromatic carbocycles. The largest absolute Gasteiger partial charge is 0.457 e. The van der Waals surface area contributed by atoms with Gasteiger partial charge in [0.15, 0.2) is 0 Å². The fraction of sp³-hybridized carbons (Fsp3) is 0.0811. The molecule has 0 bridgehead atoms. The molecule has 8 rings (SSSR count). The van der Waals surface area contributed by atoms with Crippen molar-refractivity contribution in [2.75, 3.05) is 4.90 Å². The Kier molecular flexibility index (Phi) is 5.62. The van der Waals surface area contributed by atoms with Crippen LogP contribution < -0.4 is 9.64 Å². The summed E-state index contributed by atoms with van der Waals surface area (Å²) in [7, 11) is 0. The van der Waals surface area contributed by atoms with Crippen LogP contribution in [0, 0.1) is 0 Å². The average molecular weight is 562 g/mol. The molecule has 42 heavy (non-hydrogen) atoms. The molecule has 0 saturated carbocycles. The molecule has 5 heteroatoms. The van der Waals surface area contributed by atoms with E-state index in [4.69, 9.17) is 9.72 Å². The molecule has 0 radical (unpaired) electrons. The molecule has 0 fully saturated rings. The van der Waals surface area contributed by atoms with Crippen LogP contribution in [0.15, 0.2) is 128 Å². The second-order valence-corrected chi connectivity index (χ2v) is 12.2. The van der Waals surface area contributed by atoms with Gasteiger partial charge in [0, 0.05) is 49.6 Å². The third-order valence-electron chi connectivity index (χ3n) is 8.20. The number of anilines is 3. The summed E-state index contributed by atoms with van der Waals surface area (Å²) in [6, 6.07) is 40.0. The maximum atomic E-state index is 6.48. The molecule has 0 spiro atoms. The Labute approximate surface area is 248 Å². The van der Waals surface area contributed by atoms with E-state index in [0.29, 0.717) is 0 Å². The summed E-state index contributed by atoms with van der Waals surface area (Å²) < 4.78 is 9.06. The minimum atomic E-state index is -0.232. The van der Waals surface area contributed by atoms with Crippen LogP contribution in [0.4, 0.5) is 17.2 Å². The molecule has 4 nitrogen and oxygen atoms in total. The number of pyridine rings is 2. The first-order valence-electron chi connectivity index (χ1n) is 14.1. The molecule has 202 valence electrons. The predicted octanol–water partition coefficient (Wildman–Crippen LogP) is 10.4. The summed E-state index contributed by atoms with van der Waals surface area (Å²) >= 11 is 1.84. The van der Waals surface area contributed by atoms with Gasteiger partial charge in [-0.25, -0.2) is 4.98 Å². The van der Waals surface area contributed by atoms with Crippen LogP contribution in [0.2, 0.25) is 0 Å². The highest BCUT2D eigenvalue weighted by atomic mass is 32.1. The zero-order chi connectivity index (χ0) is 28.3. The SMILES string of the molecule is CC1(C)c2ccc(Oc3cccc(-c4ccccn4)c3)cc2N(c2ccccn2)c2cc3sc4ccccc4c3cc21. The number of hydrogen-bond acceptors (Lipinski definition) is 5. The number of fused-ring (bicyclic) bond motifs is 5. The molecule has 1 aliphatic heterocycles. The summed E-state index contributed by atoms with van der Waals surface area (Å²) in [6.45, 7) is 4.63. The van der Waals surface area contributed by atoms with Crippen LogP contribution in [-0.2, 0) is 5.41 Å². The minimum Gasteiger partial charge on any atom is -0.457 e. The van der Waals surface area contributed by atoms with Crippen molar-refractivity contribution >= 4 is 48.7 Å². The Balaban J connectivity index is 1.28. The third kappa shape index (κ3) is 3.97. The van der Waals surface area contributed by atoms with E-state index < -0.39 is 0 Å². The number of aromatic nitrogens is 2. The van der Waals surface area contributed by atoms with E-state index >= 15 is 0 Å². The Morgan fingerprint density at radius 2 is 1.40 bits per heavy atom. The number of rotatable bonds is 4. The highest BCUT2D eigenvalue weighted by molar-refractivity contribution is 7.25. The van der Waals surface area contributed by atoms with Crippen LogP contribution >= 0.6 is 11.3 Å². The highest BCUT2D eigenvalue weighted by Gasteiger charge is 2.38. The normalized spacial score (nSPS) is 13.6. The van der Waals surface area contributed by atoms with Gasteiger partial charge in [0.2, 0.25) is 0 Å². The second kappa shape index (κ2) is 9.54. The zero-order valence-electron chi connectivity index (χ0n) is 23.3. The number of nitrogens with zero attached hydrogens (tertiary/aromatic N) is 3. The molecule has 0 unspecified atom stereocenters. The van der Waals surface area contributed by atoms with Gasteiger partial charge in [-0.15, -0.1) is 11.3 Å². The van der Waals surface area contributed by atoms with Crippen LogP contribution in [0.5, 0.6) is 11.5 Å². The monoisotopic (exact) mass is 561 g/mol. The fourth-order valence-electron chi connectivity index (χ4n) is 6.13. The molecule has 0 amide bonds. The van der Waals surface area contributed by atoms with Crippen molar-refractivity contribution in [1.82, 2.24) is 9.97 Å². The van der Waals surface area contributed by atoms with Crippen molar-refractivity contribution in [2.24, 2.45) is 0 Å². The summed E-state index contributed by atoms with van der Waals surface area (Å²) in [5.74, 6) is 2.42. The van der Waals surface area contributed by atoms with Crippen LogP contribution in [-0.4, -0.2) is 9.97 Å². The van der Waals surface area contributed by atoms with Gasteiger partial charge in [0.25, 0.3) is 0 Å². The minimum absolute atomic E-state index is 0.232. The number of benzene rings is 4. The Morgan fingerprint density at radius 1 is 0.619 bits per heavy atom. The van der Waals surface area contributed by atoms with Crippen molar-refractivity contribution in [3.63, 3.8) is 0 Å². The van der Waals surface area contributed by atoms with Crippen molar-refractivity contribution in [3.8, 4) is 22.8 Å². The van der Waals surface area contributed by atoms with Gasteiger partial charge in [-0.05, 0) is 71.8 Å². The summed E-state index contributed by atoms with van der Waals surface area (Å²) in [5.41, 5.74) is 6.45. The standard InChI is InChI=1S/C37H27N3OS/c1-37(2)29-17-16-26(41-25-11-9-10-24(20-25)31-13-5-7-18-38-31)21-32(29)40(36-15-6-8-19-39-36)33-23-35-28(22-30(33)37)27-12-3-4-14-34(27)42-35/h3-23H,1-2H3. The molecule has 1 aliphatic rings. The van der Waals surface area contributed by atoms with E-state index in [1.807, 2.05) is 72.3 Å². The molecular weight excluding hydrogens is 534 g/mol. The van der Waals surface area contributed by atoms with E-state index in [-0.39, 0.29) is 5.41 Å². The number of thiophene rings is 1. The lowest BCUT2D eigenvalue weighted by Crippen LogP contribution is -2.31. The molecule has 3 aromatic heterocycles. The van der Waals surface area contributed by atoms with Gasteiger partial charge in [0.05, 0.1) is 17.1 Å². The average Bonchev–Trinajstić information content (AvgIpc) is 3.39. The van der Waals surface area contributed by atoms with Crippen molar-refractivity contribution in [1.29, 1.82) is 0 Å². The quantitative estimate of drug-likeness (QED) is 0.214. The fourth-order valence-corrected chi connectivity index (χ4v) is 7.25. The predicted molar refractivity (Wildman–Crippen MR) is 174 cm³/mol. The Morgan fingerprint density at radius 3 is 2.24 bits per heavy atom. The highest BCUT2D eigenvalue weighted by Crippen LogP contribution is 2.54. The van der Waals surface area contributed by atoms with E-state index in [0.717, 1.165) is 39.9 Å². The summed E-state index contributed by atoms with van der Waals surface area (Å²) in [6.07, 6.45) is 3.67. The summed E-state index contributed by atoms with van der Waals surface area (Å²) in [4.78, 5) is 11.6. The molecule has 0 atom stereocenters. The molecule has 0 aliphatic carbocycles. The van der Waals surface area contributed by atoms with Crippen LogP contribution in [0.25, 0.3) is 31.4 Å². The molecule has 7 aromatic rings. The molecule has 0 N–H and O–H groups in total. The third-order valence-corrected chi connectivity index (χ3v) is 9.34. The number of hydrogen-bond donors (Lipinski definition) is 0. The van der Waals surface area contributed by atoms with Crippen molar-refractivity contribution < 1.29 is 4.74 Å². The maximum Gasteiger partial charge on any atom is 0.137 e. The van der Waals surface area contributed by atoms with Crippen LogP contribution in [0.1, 0.15) is 25.0 Å². The maximum absolute atomic E-state index is 6.48. The van der Waals surface area contributed by atoms with Crippen molar-refractivity contribution in [3.05, 3.63) is 139 Å². The zero-order valence-corrected chi connectivity index (χ0v) is 24.1.